The number of aromatic amines is 1. The van der Waals surface area contributed by atoms with Crippen LogP contribution in [0.5, 0.6) is 0 Å². The van der Waals surface area contributed by atoms with Crippen LogP contribution in [-0.2, 0) is 13.0 Å². The molecule has 5 heteroatoms. The van der Waals surface area contributed by atoms with E-state index in [1.807, 2.05) is 0 Å². The summed E-state index contributed by atoms with van der Waals surface area (Å²) in [6, 6.07) is 0. The van der Waals surface area contributed by atoms with Crippen LogP contribution in [0, 0.1) is 10.7 Å². The zero-order valence-electron chi connectivity index (χ0n) is 9.88. The lowest BCUT2D eigenvalue weighted by Crippen LogP contribution is -2.28. The van der Waals surface area contributed by atoms with E-state index in [1.165, 1.54) is 30.5 Å². The van der Waals surface area contributed by atoms with Gasteiger partial charge < -0.3 is 15.6 Å². The highest BCUT2D eigenvalue weighted by molar-refractivity contribution is 7.71. The van der Waals surface area contributed by atoms with Crippen molar-refractivity contribution in [3.05, 3.63) is 16.0 Å². The number of nitrogens with one attached hydrogen (secondary N) is 3. The quantitative estimate of drug-likeness (QED) is 0.718. The van der Waals surface area contributed by atoms with Crippen LogP contribution >= 0.6 is 12.2 Å². The maximum Gasteiger partial charge on any atom is 0.199 e. The van der Waals surface area contributed by atoms with Crippen LogP contribution in [-0.4, -0.2) is 23.1 Å². The lowest BCUT2D eigenvalue weighted by molar-refractivity contribution is 0.333. The molecule has 4 nitrogen and oxygen atoms in total. The Morgan fingerprint density at radius 1 is 1.41 bits per heavy atom. The Kier molecular flexibility index (Phi) is 3.11. The lowest BCUT2D eigenvalue weighted by atomic mass is 9.85. The second-order valence-corrected chi connectivity index (χ2v) is 5.34. The van der Waals surface area contributed by atoms with Crippen LogP contribution in [0.25, 0.3) is 0 Å². The normalized spacial score (nSPS) is 19.5. The summed E-state index contributed by atoms with van der Waals surface area (Å²) >= 11 is 5.17. The summed E-state index contributed by atoms with van der Waals surface area (Å²) in [6.07, 6.45) is 5.13. The van der Waals surface area contributed by atoms with Crippen molar-refractivity contribution in [1.82, 2.24) is 15.3 Å². The third-order valence-electron chi connectivity index (χ3n) is 3.76. The van der Waals surface area contributed by atoms with E-state index in [-0.39, 0.29) is 0 Å². The van der Waals surface area contributed by atoms with Gasteiger partial charge in [-0.25, -0.2) is 4.98 Å². The molecule has 0 unspecified atom stereocenters. The number of aromatic nitrogens is 2. The highest BCUT2D eigenvalue weighted by Gasteiger charge is 2.19. The predicted molar refractivity (Wildman–Crippen MR) is 70.7 cm³/mol. The largest absolute Gasteiger partial charge is 0.369 e. The summed E-state index contributed by atoms with van der Waals surface area (Å²) < 4.78 is 0.587. The maximum absolute atomic E-state index is 5.17. The van der Waals surface area contributed by atoms with Crippen LogP contribution in [0.15, 0.2) is 0 Å². The van der Waals surface area contributed by atoms with Crippen LogP contribution in [0.4, 0.5) is 5.82 Å². The summed E-state index contributed by atoms with van der Waals surface area (Å²) in [5.74, 6) is 1.85. The second kappa shape index (κ2) is 4.74. The zero-order chi connectivity index (χ0) is 11.7. The molecule has 1 aromatic heterocycles. The van der Waals surface area contributed by atoms with Crippen molar-refractivity contribution in [2.24, 2.45) is 5.92 Å². The minimum atomic E-state index is 0.587. The molecule has 0 spiro atoms. The average molecular weight is 250 g/mol. The molecular weight excluding hydrogens is 232 g/mol. The van der Waals surface area contributed by atoms with Crippen molar-refractivity contribution in [2.75, 3.05) is 18.4 Å². The van der Waals surface area contributed by atoms with E-state index in [1.54, 1.807) is 0 Å². The molecule has 92 valence electrons. The highest BCUT2D eigenvalue weighted by atomic mass is 32.1. The fourth-order valence-electron chi connectivity index (χ4n) is 2.48. The molecule has 0 radical (unpaired) electrons. The van der Waals surface area contributed by atoms with Crippen molar-refractivity contribution in [3.63, 3.8) is 0 Å². The molecule has 1 aliphatic heterocycles. The monoisotopic (exact) mass is 250 g/mol. The molecule has 0 atom stereocenters. The van der Waals surface area contributed by atoms with Gasteiger partial charge in [-0.3, -0.25) is 0 Å². The SMILES string of the molecule is S=c1nc(NCC2CCC2)c2c([nH]1)CNCC2. The Bertz CT molecular complexity index is 464. The fourth-order valence-corrected chi connectivity index (χ4v) is 2.69. The Morgan fingerprint density at radius 2 is 2.29 bits per heavy atom. The van der Waals surface area contributed by atoms with Gasteiger partial charge in [0, 0.05) is 24.3 Å². The van der Waals surface area contributed by atoms with Crippen LogP contribution in [0.3, 0.4) is 0 Å². The van der Waals surface area contributed by atoms with Gasteiger partial charge in [0.15, 0.2) is 4.77 Å². The van der Waals surface area contributed by atoms with Gasteiger partial charge in [0.05, 0.1) is 0 Å². The number of hydrogen-bond acceptors (Lipinski definition) is 4. The van der Waals surface area contributed by atoms with Gasteiger partial charge >= 0.3 is 0 Å². The van der Waals surface area contributed by atoms with Gasteiger partial charge in [-0.05, 0) is 43.9 Å². The first kappa shape index (κ1) is 11.2. The third kappa shape index (κ3) is 2.35. The first-order chi connectivity index (χ1) is 8.33. The number of nitrogens with zero attached hydrogens (tertiary/aromatic N) is 1. The van der Waals surface area contributed by atoms with E-state index < -0.39 is 0 Å². The summed E-state index contributed by atoms with van der Waals surface area (Å²) in [5.41, 5.74) is 2.52. The number of fused-ring (bicyclic) bond motifs is 1. The van der Waals surface area contributed by atoms with E-state index in [2.05, 4.69) is 20.6 Å². The maximum atomic E-state index is 5.17. The van der Waals surface area contributed by atoms with E-state index in [4.69, 9.17) is 12.2 Å². The van der Waals surface area contributed by atoms with Gasteiger partial charge in [0.1, 0.15) is 5.82 Å². The molecule has 0 saturated heterocycles. The zero-order valence-corrected chi connectivity index (χ0v) is 10.7. The molecule has 1 fully saturated rings. The molecule has 1 aromatic rings. The lowest BCUT2D eigenvalue weighted by Gasteiger charge is -2.27. The molecule has 1 aliphatic carbocycles. The van der Waals surface area contributed by atoms with Crippen molar-refractivity contribution >= 4 is 18.0 Å². The van der Waals surface area contributed by atoms with Crippen molar-refractivity contribution in [3.8, 4) is 0 Å². The van der Waals surface area contributed by atoms with Gasteiger partial charge in [-0.1, -0.05) is 6.42 Å². The summed E-state index contributed by atoms with van der Waals surface area (Å²) in [6.45, 7) is 2.95. The second-order valence-electron chi connectivity index (χ2n) is 4.95. The van der Waals surface area contributed by atoms with Gasteiger partial charge in [-0.15, -0.1) is 0 Å². The van der Waals surface area contributed by atoms with E-state index >= 15 is 0 Å². The average Bonchev–Trinajstić information content (AvgIpc) is 2.26. The Morgan fingerprint density at radius 3 is 3.06 bits per heavy atom. The van der Waals surface area contributed by atoms with Crippen molar-refractivity contribution in [2.45, 2.75) is 32.2 Å². The van der Waals surface area contributed by atoms with E-state index in [0.29, 0.717) is 4.77 Å². The van der Waals surface area contributed by atoms with Gasteiger partial charge in [0.25, 0.3) is 0 Å². The Labute approximate surface area is 106 Å². The van der Waals surface area contributed by atoms with Crippen LogP contribution < -0.4 is 10.6 Å². The molecule has 0 aromatic carbocycles. The molecule has 2 heterocycles. The van der Waals surface area contributed by atoms with Gasteiger partial charge in [-0.2, -0.15) is 0 Å². The molecule has 3 N–H and O–H groups in total. The summed E-state index contributed by atoms with van der Waals surface area (Å²) in [4.78, 5) is 7.62. The van der Waals surface area contributed by atoms with E-state index in [0.717, 1.165) is 37.8 Å². The summed E-state index contributed by atoms with van der Waals surface area (Å²) in [5, 5.41) is 6.84. The molecule has 0 amide bonds. The minimum Gasteiger partial charge on any atom is -0.369 e. The molecule has 3 rings (SSSR count). The fraction of sp³-hybridized carbons (Fsp3) is 0.667. The third-order valence-corrected chi connectivity index (χ3v) is 3.95. The summed E-state index contributed by atoms with van der Waals surface area (Å²) in [7, 11) is 0. The first-order valence-corrected chi connectivity index (χ1v) is 6.80. The topological polar surface area (TPSA) is 52.7 Å². The van der Waals surface area contributed by atoms with Crippen molar-refractivity contribution in [1.29, 1.82) is 0 Å². The highest BCUT2D eigenvalue weighted by Crippen LogP contribution is 2.27. The molecule has 17 heavy (non-hydrogen) atoms. The molecule has 0 bridgehead atoms. The number of anilines is 1. The smallest absolute Gasteiger partial charge is 0.199 e. The molecule has 2 aliphatic rings. The molecule has 1 saturated carbocycles. The van der Waals surface area contributed by atoms with Crippen LogP contribution in [0.2, 0.25) is 0 Å². The predicted octanol–water partition coefficient (Wildman–Crippen LogP) is 2.00. The number of H-pyrrole nitrogens is 1. The number of rotatable bonds is 3. The minimum absolute atomic E-state index is 0.587. The van der Waals surface area contributed by atoms with Crippen LogP contribution in [0.1, 0.15) is 30.5 Å². The Hall–Kier alpha value is -0.940. The Balaban J connectivity index is 1.81. The van der Waals surface area contributed by atoms with Crippen molar-refractivity contribution < 1.29 is 0 Å². The standard InChI is InChI=1S/C12H18N4S/c17-12-15-10-7-13-5-4-9(10)11(16-12)14-6-8-2-1-3-8/h8,13H,1-7H2,(H2,14,15,16,17). The van der Waals surface area contributed by atoms with E-state index in [9.17, 15) is 0 Å². The molecular formula is C12H18N4S. The number of hydrogen-bond donors (Lipinski definition) is 3. The first-order valence-electron chi connectivity index (χ1n) is 6.39. The van der Waals surface area contributed by atoms with Gasteiger partial charge in [0.2, 0.25) is 0 Å².